The zero-order chi connectivity index (χ0) is 18.2. The molecule has 0 aliphatic carbocycles. The average Bonchev–Trinajstić information content (AvgIpc) is 2.94. The van der Waals surface area contributed by atoms with Crippen molar-refractivity contribution in [3.63, 3.8) is 0 Å². The van der Waals surface area contributed by atoms with Crippen LogP contribution < -0.4 is 15.6 Å². The fraction of sp³-hybridized carbons (Fsp3) is 0.0909. The summed E-state index contributed by atoms with van der Waals surface area (Å²) in [6.45, 7) is 0. The molecule has 0 unspecified atom stereocenters. The van der Waals surface area contributed by atoms with Crippen LogP contribution in [0.25, 0.3) is 11.3 Å². The molecule has 2 N–H and O–H groups in total. The maximum atomic E-state index is 12.3. The molecule has 3 rings (SSSR count). The number of nitro groups is 1. The Bertz CT molecular complexity index is 1010. The zero-order valence-corrected chi connectivity index (χ0v) is 11.7. The van der Waals surface area contributed by atoms with Crippen LogP contribution in [0.1, 0.15) is 0 Å². The van der Waals surface area contributed by atoms with Crippen LogP contribution in [0, 0.1) is 10.1 Å². The van der Waals surface area contributed by atoms with Crippen LogP contribution in [0.5, 0.6) is 5.75 Å². The van der Waals surface area contributed by atoms with Gasteiger partial charge < -0.3 is 10.1 Å². The van der Waals surface area contributed by atoms with E-state index in [-0.39, 0.29) is 22.8 Å². The lowest BCUT2D eigenvalue weighted by Crippen LogP contribution is -2.18. The van der Waals surface area contributed by atoms with Crippen LogP contribution >= 0.6 is 0 Å². The number of benzene rings is 1. The number of anilines is 2. The summed E-state index contributed by atoms with van der Waals surface area (Å²) in [4.78, 5) is 27.8. The summed E-state index contributed by atoms with van der Waals surface area (Å²) in [7, 11) is 0. The minimum absolute atomic E-state index is 0.0181. The minimum atomic E-state index is -5.09. The van der Waals surface area contributed by atoms with E-state index in [9.17, 15) is 28.1 Å². The number of aromatic nitrogens is 4. The summed E-state index contributed by atoms with van der Waals surface area (Å²) >= 11 is 0. The number of nitrogens with zero attached hydrogens (tertiary/aromatic N) is 4. The van der Waals surface area contributed by atoms with Crippen molar-refractivity contribution in [3.8, 4) is 5.75 Å². The van der Waals surface area contributed by atoms with E-state index in [2.05, 4.69) is 35.0 Å². The van der Waals surface area contributed by atoms with Crippen LogP contribution in [0.15, 0.2) is 27.6 Å². The highest BCUT2D eigenvalue weighted by molar-refractivity contribution is 5.68. The Balaban J connectivity index is 1.96. The average molecular weight is 358 g/mol. The predicted molar refractivity (Wildman–Crippen MR) is 73.3 cm³/mol. The predicted octanol–water partition coefficient (Wildman–Crippen LogP) is 1.86. The highest BCUT2D eigenvalue weighted by atomic mass is 19.4. The van der Waals surface area contributed by atoms with Gasteiger partial charge in [-0.25, -0.2) is 4.63 Å². The van der Waals surface area contributed by atoms with Gasteiger partial charge in [0.2, 0.25) is 17.0 Å². The molecule has 2 heterocycles. The number of hydrogen-bond acceptors (Lipinski definition) is 9. The number of nitrogens with one attached hydrogen (secondary N) is 2. The van der Waals surface area contributed by atoms with Crippen LogP contribution in [0.2, 0.25) is 0 Å². The Labute approximate surface area is 133 Å². The van der Waals surface area contributed by atoms with Gasteiger partial charge in [-0.1, -0.05) is 0 Å². The van der Waals surface area contributed by atoms with Crippen molar-refractivity contribution in [1.82, 2.24) is 20.3 Å². The van der Waals surface area contributed by atoms with Crippen molar-refractivity contribution in [2.45, 2.75) is 6.36 Å². The molecule has 1 aromatic carbocycles. The number of ether oxygens (including phenoxy) is 1. The Morgan fingerprint density at radius 2 is 2.08 bits per heavy atom. The molecule has 0 atom stereocenters. The highest BCUT2D eigenvalue weighted by Crippen LogP contribution is 2.34. The van der Waals surface area contributed by atoms with Crippen molar-refractivity contribution >= 4 is 28.5 Å². The van der Waals surface area contributed by atoms with Crippen molar-refractivity contribution in [2.75, 3.05) is 5.32 Å². The van der Waals surface area contributed by atoms with E-state index < -0.39 is 28.3 Å². The fourth-order valence-electron chi connectivity index (χ4n) is 1.83. The van der Waals surface area contributed by atoms with Gasteiger partial charge >= 0.3 is 12.0 Å². The smallest absolute Gasteiger partial charge is 0.398 e. The summed E-state index contributed by atoms with van der Waals surface area (Å²) in [5, 5.41) is 20.1. The minimum Gasteiger partial charge on any atom is -0.398 e. The molecule has 0 bridgehead atoms. The van der Waals surface area contributed by atoms with Gasteiger partial charge in [-0.3, -0.25) is 19.9 Å². The molecule has 0 spiro atoms. The van der Waals surface area contributed by atoms with Gasteiger partial charge in [-0.05, 0) is 22.4 Å². The molecule has 0 fully saturated rings. The molecule has 0 saturated heterocycles. The van der Waals surface area contributed by atoms with E-state index in [1.165, 1.54) is 0 Å². The number of aromatic amines is 1. The Morgan fingerprint density at radius 1 is 1.32 bits per heavy atom. The maximum Gasteiger partial charge on any atom is 0.573 e. The molecule has 130 valence electrons. The quantitative estimate of drug-likeness (QED) is 0.526. The molecule has 0 saturated carbocycles. The van der Waals surface area contributed by atoms with E-state index >= 15 is 0 Å². The SMILES string of the molecule is O=c1[nH]c2nonc2nc1Nc1ccc(OC(F)(F)F)c([N+](=O)[O-])c1. The van der Waals surface area contributed by atoms with Gasteiger partial charge in [0.05, 0.1) is 4.92 Å². The number of fused-ring (bicyclic) bond motifs is 1. The number of nitro benzene ring substituents is 1. The molecule has 14 heteroatoms. The van der Waals surface area contributed by atoms with Gasteiger partial charge in [0, 0.05) is 11.8 Å². The van der Waals surface area contributed by atoms with Gasteiger partial charge in [0.25, 0.3) is 5.56 Å². The number of halogens is 3. The molecule has 11 nitrogen and oxygen atoms in total. The first-order valence-corrected chi connectivity index (χ1v) is 6.27. The molecule has 2 aromatic heterocycles. The molecule has 25 heavy (non-hydrogen) atoms. The Kier molecular flexibility index (Phi) is 3.71. The lowest BCUT2D eigenvalue weighted by atomic mass is 10.2. The molecule has 0 amide bonds. The van der Waals surface area contributed by atoms with Gasteiger partial charge in [0.15, 0.2) is 5.82 Å². The standard InChI is InChI=1S/C11H5F3N6O5/c12-11(13,14)24-6-2-1-4(3-5(6)20(22)23)15-9-10(21)17-8-7(16-9)18-25-19-8/h1-3H,(H,15,16,18)(H,17,19,21). The third kappa shape index (κ3) is 3.46. The van der Waals surface area contributed by atoms with Crippen LogP contribution in [0.4, 0.5) is 30.4 Å². The zero-order valence-electron chi connectivity index (χ0n) is 11.7. The molecular weight excluding hydrogens is 353 g/mol. The first-order valence-electron chi connectivity index (χ1n) is 6.27. The monoisotopic (exact) mass is 358 g/mol. The van der Waals surface area contributed by atoms with Crippen molar-refractivity contribution < 1.29 is 27.5 Å². The molecule has 0 radical (unpaired) electrons. The number of alkyl halides is 3. The summed E-state index contributed by atoms with van der Waals surface area (Å²) in [5.74, 6) is -1.32. The van der Waals surface area contributed by atoms with E-state index in [1.807, 2.05) is 0 Å². The fourth-order valence-corrected chi connectivity index (χ4v) is 1.83. The van der Waals surface area contributed by atoms with E-state index in [0.29, 0.717) is 0 Å². The van der Waals surface area contributed by atoms with E-state index in [0.717, 1.165) is 18.2 Å². The third-order valence-electron chi connectivity index (χ3n) is 2.78. The van der Waals surface area contributed by atoms with Gasteiger partial charge in [0.1, 0.15) is 0 Å². The van der Waals surface area contributed by atoms with Gasteiger partial charge in [-0.2, -0.15) is 4.98 Å². The summed E-state index contributed by atoms with van der Waals surface area (Å²) in [6, 6.07) is 2.53. The van der Waals surface area contributed by atoms with Crippen molar-refractivity contribution in [3.05, 3.63) is 38.7 Å². The number of hydrogen-bond donors (Lipinski definition) is 2. The lowest BCUT2D eigenvalue weighted by Gasteiger charge is -2.10. The summed E-state index contributed by atoms with van der Waals surface area (Å²) in [5.41, 5.74) is -1.84. The van der Waals surface area contributed by atoms with Crippen LogP contribution in [0.3, 0.4) is 0 Å². The molecular formula is C11H5F3N6O5. The van der Waals surface area contributed by atoms with Crippen molar-refractivity contribution in [1.29, 1.82) is 0 Å². The summed E-state index contributed by atoms with van der Waals surface area (Å²) < 4.78 is 44.7. The first-order chi connectivity index (χ1) is 11.7. The second kappa shape index (κ2) is 5.73. The maximum absolute atomic E-state index is 12.3. The van der Waals surface area contributed by atoms with E-state index in [1.54, 1.807) is 0 Å². The van der Waals surface area contributed by atoms with E-state index in [4.69, 9.17) is 0 Å². The second-order valence-electron chi connectivity index (χ2n) is 4.46. The van der Waals surface area contributed by atoms with Crippen molar-refractivity contribution in [2.24, 2.45) is 0 Å². The number of rotatable bonds is 4. The largest absolute Gasteiger partial charge is 0.573 e. The van der Waals surface area contributed by atoms with Gasteiger partial charge in [-0.15, -0.1) is 13.2 Å². The Hall–Kier alpha value is -3.71. The Morgan fingerprint density at radius 3 is 2.76 bits per heavy atom. The lowest BCUT2D eigenvalue weighted by molar-refractivity contribution is -0.388. The van der Waals surface area contributed by atoms with Crippen LogP contribution in [-0.2, 0) is 0 Å². The number of H-pyrrole nitrogens is 1. The normalized spacial score (nSPS) is 11.5. The molecule has 3 aromatic rings. The highest BCUT2D eigenvalue weighted by Gasteiger charge is 2.34. The first kappa shape index (κ1) is 16.2. The topological polar surface area (TPSA) is 149 Å². The van der Waals surface area contributed by atoms with Crippen LogP contribution in [-0.4, -0.2) is 31.6 Å². The second-order valence-corrected chi connectivity index (χ2v) is 4.46. The molecule has 0 aliphatic heterocycles. The third-order valence-corrected chi connectivity index (χ3v) is 2.78. The molecule has 0 aliphatic rings. The summed E-state index contributed by atoms with van der Waals surface area (Å²) in [6.07, 6.45) is -5.09.